The first kappa shape index (κ1) is 16.5. The molecule has 0 N–H and O–H groups in total. The summed E-state index contributed by atoms with van der Waals surface area (Å²) in [5.74, 6) is 0. The lowest BCUT2D eigenvalue weighted by Crippen LogP contribution is -2.28. The highest BCUT2D eigenvalue weighted by Crippen LogP contribution is 2.35. The summed E-state index contributed by atoms with van der Waals surface area (Å²) in [5.41, 5.74) is -0.976. The Morgan fingerprint density at radius 2 is 2.05 bits per heavy atom. The van der Waals surface area contributed by atoms with Crippen molar-refractivity contribution in [1.29, 1.82) is 0 Å². The molecule has 0 amide bonds. The van der Waals surface area contributed by atoms with Crippen molar-refractivity contribution in [3.05, 3.63) is 18.0 Å². The largest absolute Gasteiger partial charge is 0.433 e. The van der Waals surface area contributed by atoms with Crippen molar-refractivity contribution < 1.29 is 21.6 Å². The van der Waals surface area contributed by atoms with E-state index in [0.717, 1.165) is 36.9 Å². The lowest BCUT2D eigenvalue weighted by atomic mass is 10.00. The van der Waals surface area contributed by atoms with Crippen molar-refractivity contribution in [3.8, 4) is 0 Å². The van der Waals surface area contributed by atoms with Crippen LogP contribution in [0.25, 0.3) is 0 Å². The molecule has 2 unspecified atom stereocenters. The Morgan fingerprint density at radius 1 is 1.33 bits per heavy atom. The summed E-state index contributed by atoms with van der Waals surface area (Å²) in [6.07, 6.45) is 0.327. The van der Waals surface area contributed by atoms with Gasteiger partial charge in [-0.25, -0.2) is 18.4 Å². The van der Waals surface area contributed by atoms with Crippen molar-refractivity contribution in [1.82, 2.24) is 9.97 Å². The maximum Gasteiger partial charge on any atom is 0.433 e. The molecular weight excluding hydrogens is 325 g/mol. The van der Waals surface area contributed by atoms with Gasteiger partial charge in [-0.05, 0) is 25.3 Å². The molecule has 0 aromatic carbocycles. The zero-order chi connectivity index (χ0) is 15.7. The molecule has 2 atom stereocenters. The number of rotatable bonds is 3. The van der Waals surface area contributed by atoms with E-state index in [-0.39, 0.29) is 10.4 Å². The minimum Gasteiger partial charge on any atom is -0.231 e. The smallest absolute Gasteiger partial charge is 0.231 e. The average Bonchev–Trinajstić information content (AvgIpc) is 2.37. The molecule has 118 valence electrons. The molecule has 0 radical (unpaired) electrons. The van der Waals surface area contributed by atoms with Crippen molar-refractivity contribution in [3.63, 3.8) is 0 Å². The summed E-state index contributed by atoms with van der Waals surface area (Å²) in [6.45, 7) is 0. The number of hydrogen-bond acceptors (Lipinski definition) is 5. The number of halogens is 3. The molecule has 0 bridgehead atoms. The van der Waals surface area contributed by atoms with Gasteiger partial charge in [0, 0.05) is 17.7 Å². The highest BCUT2D eigenvalue weighted by Gasteiger charge is 2.34. The van der Waals surface area contributed by atoms with Crippen LogP contribution in [0.4, 0.5) is 13.2 Å². The Hall–Kier alpha value is -0.830. The van der Waals surface area contributed by atoms with Crippen molar-refractivity contribution in [2.24, 2.45) is 0 Å². The van der Waals surface area contributed by atoms with E-state index in [4.69, 9.17) is 0 Å². The van der Waals surface area contributed by atoms with E-state index < -0.39 is 27.0 Å². The number of aromatic nitrogens is 2. The third-order valence-corrected chi connectivity index (χ3v) is 6.19. The van der Waals surface area contributed by atoms with Gasteiger partial charge in [-0.2, -0.15) is 13.2 Å². The second-order valence-electron chi connectivity index (χ2n) is 5.08. The van der Waals surface area contributed by atoms with Gasteiger partial charge in [0.25, 0.3) is 0 Å². The predicted octanol–water partition coefficient (Wildman–Crippen LogP) is 2.94. The van der Waals surface area contributed by atoms with Crippen molar-refractivity contribution in [2.45, 2.75) is 47.5 Å². The second kappa shape index (κ2) is 6.12. The molecule has 1 heterocycles. The Kier molecular flexibility index (Phi) is 4.82. The molecule has 0 aliphatic heterocycles. The maximum atomic E-state index is 12.6. The first-order valence-electron chi connectivity index (χ1n) is 6.42. The Bertz CT molecular complexity index is 605. The summed E-state index contributed by atoms with van der Waals surface area (Å²) in [6, 6.07) is 0.824. The maximum absolute atomic E-state index is 12.6. The van der Waals surface area contributed by atoms with Gasteiger partial charge in [-0.1, -0.05) is 18.2 Å². The molecule has 1 saturated carbocycles. The fourth-order valence-electron chi connectivity index (χ4n) is 2.30. The molecule has 1 fully saturated rings. The molecule has 0 spiro atoms. The van der Waals surface area contributed by atoms with Gasteiger partial charge in [0.2, 0.25) is 0 Å². The van der Waals surface area contributed by atoms with Gasteiger partial charge >= 0.3 is 6.18 Å². The van der Waals surface area contributed by atoms with E-state index in [0.29, 0.717) is 12.8 Å². The lowest BCUT2D eigenvalue weighted by molar-refractivity contribution is -0.141. The molecule has 4 nitrogen and oxygen atoms in total. The van der Waals surface area contributed by atoms with Crippen LogP contribution in [0.5, 0.6) is 0 Å². The van der Waals surface area contributed by atoms with Gasteiger partial charge < -0.3 is 0 Å². The topological polar surface area (TPSA) is 59.9 Å². The lowest BCUT2D eigenvalue weighted by Gasteiger charge is -2.26. The summed E-state index contributed by atoms with van der Waals surface area (Å²) in [4.78, 5) is 7.34. The summed E-state index contributed by atoms with van der Waals surface area (Å²) >= 11 is 1.13. The van der Waals surface area contributed by atoms with Crippen LogP contribution >= 0.6 is 11.8 Å². The highest BCUT2D eigenvalue weighted by molar-refractivity contribution is 7.99. The van der Waals surface area contributed by atoms with Crippen LogP contribution in [0.1, 0.15) is 31.4 Å². The Labute approximate surface area is 125 Å². The van der Waals surface area contributed by atoms with Crippen LogP contribution in [0.15, 0.2) is 17.4 Å². The SMILES string of the molecule is CS(=O)(=O)C1CCCC(Sc2nccc(C(F)(F)F)n2)C1. The third kappa shape index (κ3) is 4.57. The minimum absolute atomic E-state index is 0.0453. The molecule has 0 saturated heterocycles. The molecular formula is C12H15F3N2O2S2. The number of nitrogens with zero attached hydrogens (tertiary/aromatic N) is 2. The first-order chi connectivity index (χ1) is 9.66. The van der Waals surface area contributed by atoms with Gasteiger partial charge in [0.05, 0.1) is 5.25 Å². The van der Waals surface area contributed by atoms with Crippen LogP contribution in [-0.2, 0) is 16.0 Å². The quantitative estimate of drug-likeness (QED) is 0.792. The third-order valence-electron chi connectivity index (χ3n) is 3.38. The number of hydrogen-bond donors (Lipinski definition) is 0. The molecule has 1 aliphatic rings. The molecule has 2 rings (SSSR count). The zero-order valence-corrected chi connectivity index (χ0v) is 12.9. The molecule has 9 heteroatoms. The van der Waals surface area contributed by atoms with Gasteiger partial charge in [0.1, 0.15) is 15.5 Å². The van der Waals surface area contributed by atoms with Crippen LogP contribution < -0.4 is 0 Å². The van der Waals surface area contributed by atoms with Crippen molar-refractivity contribution >= 4 is 21.6 Å². The van der Waals surface area contributed by atoms with Crippen LogP contribution in [0.3, 0.4) is 0 Å². The van der Waals surface area contributed by atoms with Crippen LogP contribution in [-0.4, -0.2) is 35.1 Å². The van der Waals surface area contributed by atoms with Crippen LogP contribution in [0, 0.1) is 0 Å². The van der Waals surface area contributed by atoms with E-state index in [2.05, 4.69) is 9.97 Å². The van der Waals surface area contributed by atoms with E-state index in [1.807, 2.05) is 0 Å². The van der Waals surface area contributed by atoms with Crippen molar-refractivity contribution in [2.75, 3.05) is 6.26 Å². The van der Waals surface area contributed by atoms with E-state index in [1.54, 1.807) is 0 Å². The summed E-state index contributed by atoms with van der Waals surface area (Å²) in [7, 11) is -3.12. The monoisotopic (exact) mass is 340 g/mol. The fourth-order valence-corrected chi connectivity index (χ4v) is 4.79. The van der Waals surface area contributed by atoms with E-state index in [1.165, 1.54) is 6.26 Å². The minimum atomic E-state index is -4.50. The second-order valence-corrected chi connectivity index (χ2v) is 8.67. The highest BCUT2D eigenvalue weighted by atomic mass is 32.2. The molecule has 21 heavy (non-hydrogen) atoms. The summed E-state index contributed by atoms with van der Waals surface area (Å²) < 4.78 is 60.9. The zero-order valence-electron chi connectivity index (χ0n) is 11.3. The normalized spacial score (nSPS) is 24.0. The Morgan fingerprint density at radius 3 is 2.67 bits per heavy atom. The predicted molar refractivity (Wildman–Crippen MR) is 73.8 cm³/mol. The fraction of sp³-hybridized carbons (Fsp3) is 0.667. The average molecular weight is 340 g/mol. The van der Waals surface area contributed by atoms with E-state index >= 15 is 0 Å². The number of alkyl halides is 3. The standard InChI is InChI=1S/C12H15F3N2O2S2/c1-21(18,19)9-4-2-3-8(7-9)20-11-16-6-5-10(17-11)12(13,14)15/h5-6,8-9H,2-4,7H2,1H3. The Balaban J connectivity index is 2.08. The van der Waals surface area contributed by atoms with Gasteiger partial charge in [0.15, 0.2) is 5.16 Å². The van der Waals surface area contributed by atoms with E-state index in [9.17, 15) is 21.6 Å². The first-order valence-corrected chi connectivity index (χ1v) is 9.25. The number of sulfone groups is 1. The van der Waals surface area contributed by atoms with Gasteiger partial charge in [-0.3, -0.25) is 0 Å². The number of thioether (sulfide) groups is 1. The van der Waals surface area contributed by atoms with Gasteiger partial charge in [-0.15, -0.1) is 0 Å². The summed E-state index contributed by atoms with van der Waals surface area (Å²) in [5, 5.41) is -0.444. The van der Waals surface area contributed by atoms with Crippen LogP contribution in [0.2, 0.25) is 0 Å². The molecule has 1 aliphatic carbocycles. The molecule has 1 aromatic heterocycles. The molecule has 1 aromatic rings.